The van der Waals surface area contributed by atoms with E-state index < -0.39 is 5.97 Å². The van der Waals surface area contributed by atoms with E-state index in [2.05, 4.69) is 0 Å². The molecular weight excluding hydrogens is 132 g/mol. The summed E-state index contributed by atoms with van der Waals surface area (Å²) in [4.78, 5) is 10.5. The summed E-state index contributed by atoms with van der Waals surface area (Å²) in [6.07, 6.45) is 1.66. The van der Waals surface area contributed by atoms with Crippen LogP contribution < -0.4 is 0 Å². The highest BCUT2D eigenvalue weighted by Gasteiger charge is 2.60. The van der Waals surface area contributed by atoms with Crippen LogP contribution in [0, 0.1) is 5.92 Å². The van der Waals surface area contributed by atoms with Crippen LogP contribution in [0.2, 0.25) is 0 Å². The molecule has 0 spiro atoms. The van der Waals surface area contributed by atoms with E-state index in [1.807, 2.05) is 6.92 Å². The van der Waals surface area contributed by atoms with Crippen molar-refractivity contribution in [3.63, 3.8) is 0 Å². The maximum absolute atomic E-state index is 10.5. The van der Waals surface area contributed by atoms with Crippen LogP contribution in [0.3, 0.4) is 0 Å². The molecule has 1 aliphatic heterocycles. The summed E-state index contributed by atoms with van der Waals surface area (Å²) >= 11 is 0. The van der Waals surface area contributed by atoms with Crippen LogP contribution >= 0.6 is 0 Å². The van der Waals surface area contributed by atoms with Crippen molar-refractivity contribution in [2.24, 2.45) is 5.92 Å². The molecule has 3 nitrogen and oxygen atoms in total. The molecule has 56 valence electrons. The van der Waals surface area contributed by atoms with Gasteiger partial charge in [-0.3, -0.25) is 4.79 Å². The predicted octanol–water partition coefficient (Wildman–Crippen LogP) is 0.639. The fourth-order valence-corrected chi connectivity index (χ4v) is 1.79. The van der Waals surface area contributed by atoms with Gasteiger partial charge in [-0.2, -0.15) is 0 Å². The molecule has 0 aromatic heterocycles. The summed E-state index contributed by atoms with van der Waals surface area (Å²) in [7, 11) is 0. The molecule has 10 heavy (non-hydrogen) atoms. The van der Waals surface area contributed by atoms with Crippen molar-refractivity contribution < 1.29 is 14.6 Å². The number of carboxylic acids is 1. The van der Waals surface area contributed by atoms with Crippen molar-refractivity contribution in [1.29, 1.82) is 0 Å². The molecule has 1 saturated carbocycles. The fourth-order valence-electron chi connectivity index (χ4n) is 1.79. The first-order valence-corrected chi connectivity index (χ1v) is 3.52. The summed E-state index contributed by atoms with van der Waals surface area (Å²) in [6, 6.07) is 0. The van der Waals surface area contributed by atoms with Gasteiger partial charge in [-0.15, -0.1) is 0 Å². The maximum atomic E-state index is 10.5. The number of carbonyl (C=O) groups is 1. The fraction of sp³-hybridized carbons (Fsp3) is 0.857. The summed E-state index contributed by atoms with van der Waals surface area (Å²) in [6.45, 7) is 1.99. The van der Waals surface area contributed by atoms with Gasteiger partial charge < -0.3 is 9.84 Å². The Hall–Kier alpha value is -0.570. The zero-order chi connectivity index (χ0) is 7.35. The molecule has 3 heteroatoms. The van der Waals surface area contributed by atoms with Gasteiger partial charge in [-0.05, 0) is 19.8 Å². The van der Waals surface area contributed by atoms with Crippen LogP contribution in [-0.2, 0) is 9.53 Å². The Morgan fingerprint density at radius 2 is 2.50 bits per heavy atom. The van der Waals surface area contributed by atoms with Gasteiger partial charge in [-0.25, -0.2) is 0 Å². The number of epoxide rings is 1. The lowest BCUT2D eigenvalue weighted by molar-refractivity contribution is -0.142. The highest BCUT2D eigenvalue weighted by Crippen LogP contribution is 2.52. The molecule has 1 N–H and O–H groups in total. The van der Waals surface area contributed by atoms with E-state index in [1.54, 1.807) is 0 Å². The molecule has 0 unspecified atom stereocenters. The molecule has 1 saturated heterocycles. The van der Waals surface area contributed by atoms with Crippen molar-refractivity contribution >= 4 is 5.97 Å². The Bertz CT molecular complexity index is 189. The van der Waals surface area contributed by atoms with E-state index in [0.717, 1.165) is 0 Å². The molecule has 1 aliphatic carbocycles. The predicted molar refractivity (Wildman–Crippen MR) is 33.6 cm³/mol. The molecule has 2 fully saturated rings. The lowest BCUT2D eigenvalue weighted by Crippen LogP contribution is -2.14. The minimum Gasteiger partial charge on any atom is -0.481 e. The van der Waals surface area contributed by atoms with Crippen LogP contribution in [0.15, 0.2) is 0 Å². The van der Waals surface area contributed by atoms with Gasteiger partial charge in [-0.1, -0.05) is 0 Å². The van der Waals surface area contributed by atoms with E-state index in [1.165, 1.54) is 0 Å². The third-order valence-corrected chi connectivity index (χ3v) is 2.53. The first kappa shape index (κ1) is 6.16. The molecule has 0 bridgehead atoms. The third kappa shape index (κ3) is 0.669. The van der Waals surface area contributed by atoms with Crippen LogP contribution in [-0.4, -0.2) is 22.8 Å². The van der Waals surface area contributed by atoms with Gasteiger partial charge in [0.05, 0.1) is 17.6 Å². The smallest absolute Gasteiger partial charge is 0.306 e. The van der Waals surface area contributed by atoms with Crippen molar-refractivity contribution in [3.05, 3.63) is 0 Å². The zero-order valence-corrected chi connectivity index (χ0v) is 5.83. The van der Waals surface area contributed by atoms with Crippen LogP contribution in [0.5, 0.6) is 0 Å². The lowest BCUT2D eigenvalue weighted by atomic mass is 10.1. The Labute approximate surface area is 59.0 Å². The summed E-state index contributed by atoms with van der Waals surface area (Å²) in [5.41, 5.74) is -0.0664. The number of aliphatic carboxylic acids is 1. The van der Waals surface area contributed by atoms with E-state index in [9.17, 15) is 4.79 Å². The monoisotopic (exact) mass is 142 g/mol. The summed E-state index contributed by atoms with van der Waals surface area (Å²) in [5, 5.41) is 8.61. The molecule has 0 aromatic rings. The molecule has 3 atom stereocenters. The van der Waals surface area contributed by atoms with Crippen molar-refractivity contribution in [2.45, 2.75) is 31.5 Å². The average Bonchev–Trinajstić information content (AvgIpc) is 2.32. The second kappa shape index (κ2) is 1.53. The third-order valence-electron chi connectivity index (χ3n) is 2.53. The largest absolute Gasteiger partial charge is 0.481 e. The van der Waals surface area contributed by atoms with Crippen LogP contribution in [0.4, 0.5) is 0 Å². The maximum Gasteiger partial charge on any atom is 0.306 e. The zero-order valence-electron chi connectivity index (χ0n) is 5.83. The average molecular weight is 142 g/mol. The van der Waals surface area contributed by atoms with Gasteiger partial charge in [0.25, 0.3) is 0 Å². The minimum absolute atomic E-state index is 0.0664. The van der Waals surface area contributed by atoms with Gasteiger partial charge in [0.15, 0.2) is 0 Å². The molecule has 2 rings (SSSR count). The van der Waals surface area contributed by atoms with Gasteiger partial charge in [0, 0.05) is 0 Å². The number of carboxylic acid groups (broad SMARTS) is 1. The van der Waals surface area contributed by atoms with Gasteiger partial charge in [0.2, 0.25) is 0 Å². The van der Waals surface area contributed by atoms with E-state index in [-0.39, 0.29) is 17.6 Å². The summed E-state index contributed by atoms with van der Waals surface area (Å²) < 4.78 is 5.26. The number of rotatable bonds is 1. The minimum atomic E-state index is -0.669. The summed E-state index contributed by atoms with van der Waals surface area (Å²) in [5.74, 6) is -0.819. The molecule has 1 heterocycles. The van der Waals surface area contributed by atoms with E-state index in [0.29, 0.717) is 12.8 Å². The van der Waals surface area contributed by atoms with Crippen molar-refractivity contribution in [2.75, 3.05) is 0 Å². The number of hydrogen-bond donors (Lipinski definition) is 1. The Morgan fingerprint density at radius 1 is 1.80 bits per heavy atom. The first-order valence-electron chi connectivity index (χ1n) is 3.52. The lowest BCUT2D eigenvalue weighted by Gasteiger charge is -2.05. The quantitative estimate of drug-likeness (QED) is 0.546. The SMILES string of the molecule is C[C@@]12C[C@@H](C(=O)O)C[C@@H]1O2. The Balaban J connectivity index is 2.04. The normalized spacial score (nSPS) is 50.5. The standard InChI is InChI=1S/C7H10O3/c1-7-3-4(6(8)9)2-5(7)10-7/h4-5H,2-3H2,1H3,(H,8,9)/t4-,5-,7+/m0/s1. The molecule has 2 aliphatic rings. The van der Waals surface area contributed by atoms with E-state index >= 15 is 0 Å². The second-order valence-corrected chi connectivity index (χ2v) is 3.39. The molecule has 0 amide bonds. The van der Waals surface area contributed by atoms with Crippen molar-refractivity contribution in [1.82, 2.24) is 0 Å². The topological polar surface area (TPSA) is 49.8 Å². The molecule has 0 radical (unpaired) electrons. The first-order chi connectivity index (χ1) is 4.62. The van der Waals surface area contributed by atoms with E-state index in [4.69, 9.17) is 9.84 Å². The highest BCUT2D eigenvalue weighted by molar-refractivity contribution is 5.71. The number of fused-ring (bicyclic) bond motifs is 1. The van der Waals surface area contributed by atoms with Crippen molar-refractivity contribution in [3.8, 4) is 0 Å². The van der Waals surface area contributed by atoms with Gasteiger partial charge in [0.1, 0.15) is 0 Å². The second-order valence-electron chi connectivity index (χ2n) is 3.39. The molecule has 0 aromatic carbocycles. The highest BCUT2D eigenvalue weighted by atomic mass is 16.6. The number of ether oxygens (including phenoxy) is 1. The Kier molecular flexibility index (Phi) is 0.944. The number of hydrogen-bond acceptors (Lipinski definition) is 2. The van der Waals surface area contributed by atoms with Gasteiger partial charge >= 0.3 is 5.97 Å². The Morgan fingerprint density at radius 3 is 2.80 bits per heavy atom. The van der Waals surface area contributed by atoms with Crippen LogP contribution in [0.1, 0.15) is 19.8 Å². The van der Waals surface area contributed by atoms with Crippen LogP contribution in [0.25, 0.3) is 0 Å². The molecular formula is C7H10O3.